The minimum Gasteiger partial charge on any atom is -0.488 e. The van der Waals surface area contributed by atoms with Crippen molar-refractivity contribution < 1.29 is 23.6 Å². The van der Waals surface area contributed by atoms with Crippen LogP contribution in [-0.2, 0) is 11.3 Å². The van der Waals surface area contributed by atoms with Crippen molar-refractivity contribution in [2.75, 3.05) is 6.54 Å². The Morgan fingerprint density at radius 1 is 1.27 bits per heavy atom. The molecule has 0 saturated heterocycles. The molecule has 196 valence electrons. The summed E-state index contributed by atoms with van der Waals surface area (Å²) >= 11 is 6.53. The van der Waals surface area contributed by atoms with Gasteiger partial charge in [0.05, 0.1) is 16.6 Å². The molecule has 0 amide bonds. The monoisotopic (exact) mass is 528 g/mol. The van der Waals surface area contributed by atoms with Gasteiger partial charge in [-0.3, -0.25) is 9.36 Å². The number of hydrogen-bond acceptors (Lipinski definition) is 6. The van der Waals surface area contributed by atoms with Gasteiger partial charge in [-0.2, -0.15) is 4.98 Å². The number of halogens is 2. The van der Waals surface area contributed by atoms with Gasteiger partial charge in [-0.25, -0.2) is 4.39 Å². The third-order valence-corrected chi connectivity index (χ3v) is 6.24. The van der Waals surface area contributed by atoms with Crippen LogP contribution in [0.1, 0.15) is 46.1 Å². The van der Waals surface area contributed by atoms with Gasteiger partial charge in [-0.05, 0) is 66.7 Å². The zero-order valence-corrected chi connectivity index (χ0v) is 22.0. The number of fused-ring (bicyclic) bond motifs is 1. The van der Waals surface area contributed by atoms with Gasteiger partial charge < -0.3 is 19.7 Å². The molecule has 37 heavy (non-hydrogen) atoms. The van der Waals surface area contributed by atoms with E-state index in [0.717, 1.165) is 16.5 Å². The first-order chi connectivity index (χ1) is 17.5. The van der Waals surface area contributed by atoms with Gasteiger partial charge in [0.25, 0.3) is 11.8 Å². The number of aromatic nitrogens is 3. The number of carbonyl (C=O) groups is 1. The lowest BCUT2D eigenvalue weighted by Crippen LogP contribution is -2.29. The molecule has 0 unspecified atom stereocenters. The Kier molecular flexibility index (Phi) is 7.85. The summed E-state index contributed by atoms with van der Waals surface area (Å²) in [5.74, 6) is -0.675. The molecular formula is C27H30ClFN4O4. The third kappa shape index (κ3) is 6.47. The van der Waals surface area contributed by atoms with Crippen LogP contribution in [0.2, 0.25) is 5.02 Å². The maximum atomic E-state index is 14.4. The smallest absolute Gasteiger partial charge is 0.303 e. The van der Waals surface area contributed by atoms with Gasteiger partial charge in [0.1, 0.15) is 0 Å². The fourth-order valence-electron chi connectivity index (χ4n) is 4.01. The largest absolute Gasteiger partial charge is 0.488 e. The second kappa shape index (κ2) is 10.9. The molecule has 4 aromatic rings. The predicted molar refractivity (Wildman–Crippen MR) is 140 cm³/mol. The molecule has 2 aromatic carbocycles. The Bertz CT molecular complexity index is 1410. The molecule has 0 spiro atoms. The molecule has 0 aliphatic rings. The number of rotatable bonds is 11. The van der Waals surface area contributed by atoms with E-state index in [4.69, 9.17) is 26.0 Å². The number of hydrogen-bond donors (Lipinski definition) is 2. The van der Waals surface area contributed by atoms with Crippen LogP contribution in [0.5, 0.6) is 5.75 Å². The van der Waals surface area contributed by atoms with Crippen molar-refractivity contribution in [3.63, 3.8) is 0 Å². The SMILES string of the molecule is CC(C)Oc1ccc(-c2nc(-n3cc(Cl)c4cc(CNCC(C)(C)CCC(=O)O)ccc43)no2)cc1F. The molecule has 0 radical (unpaired) electrons. The van der Waals surface area contributed by atoms with Crippen molar-refractivity contribution in [2.24, 2.45) is 5.41 Å². The van der Waals surface area contributed by atoms with Crippen molar-refractivity contribution in [2.45, 2.75) is 53.2 Å². The Hall–Kier alpha value is -3.43. The van der Waals surface area contributed by atoms with Gasteiger partial charge in [0.2, 0.25) is 0 Å². The second-order valence-corrected chi connectivity index (χ2v) is 10.5. The first-order valence-corrected chi connectivity index (χ1v) is 12.4. The maximum absolute atomic E-state index is 14.4. The quantitative estimate of drug-likeness (QED) is 0.237. The Morgan fingerprint density at radius 2 is 2.05 bits per heavy atom. The summed E-state index contributed by atoms with van der Waals surface area (Å²) in [6.45, 7) is 9.05. The lowest BCUT2D eigenvalue weighted by Gasteiger charge is -2.24. The van der Waals surface area contributed by atoms with Gasteiger partial charge >= 0.3 is 5.97 Å². The zero-order chi connectivity index (χ0) is 26.7. The fourth-order valence-corrected chi connectivity index (χ4v) is 4.25. The molecule has 0 saturated carbocycles. The highest BCUT2D eigenvalue weighted by Gasteiger charge is 2.20. The first kappa shape index (κ1) is 26.6. The highest BCUT2D eigenvalue weighted by Crippen LogP contribution is 2.31. The van der Waals surface area contributed by atoms with Crippen molar-refractivity contribution >= 4 is 28.5 Å². The van der Waals surface area contributed by atoms with Crippen LogP contribution in [0.4, 0.5) is 4.39 Å². The number of carboxylic acids is 1. The number of ether oxygens (including phenoxy) is 1. The second-order valence-electron chi connectivity index (χ2n) is 10.1. The van der Waals surface area contributed by atoms with Crippen molar-refractivity contribution in [1.82, 2.24) is 20.0 Å². The van der Waals surface area contributed by atoms with Crippen LogP contribution >= 0.6 is 11.6 Å². The van der Waals surface area contributed by atoms with Crippen LogP contribution in [0.3, 0.4) is 0 Å². The van der Waals surface area contributed by atoms with E-state index in [1.54, 1.807) is 22.9 Å². The Morgan fingerprint density at radius 3 is 2.76 bits per heavy atom. The van der Waals surface area contributed by atoms with E-state index in [2.05, 4.69) is 15.5 Å². The predicted octanol–water partition coefficient (Wildman–Crippen LogP) is 6.24. The van der Waals surface area contributed by atoms with Crippen LogP contribution in [0.25, 0.3) is 28.3 Å². The zero-order valence-electron chi connectivity index (χ0n) is 21.2. The highest BCUT2D eigenvalue weighted by atomic mass is 35.5. The Labute approximate surface area is 219 Å². The number of nitrogens with zero attached hydrogens (tertiary/aromatic N) is 3. The van der Waals surface area contributed by atoms with Gasteiger partial charge in [0.15, 0.2) is 11.6 Å². The van der Waals surface area contributed by atoms with E-state index >= 15 is 0 Å². The van der Waals surface area contributed by atoms with Crippen LogP contribution in [-0.4, -0.2) is 38.4 Å². The first-order valence-electron chi connectivity index (χ1n) is 12.0. The standard InChI is InChI=1S/C27H30ClFN4O4/c1-16(2)36-23-8-6-18(12-21(23)29)25-31-26(32-37-25)33-14-20(28)19-11-17(5-7-22(19)33)13-30-15-27(3,4)10-9-24(34)35/h5-8,11-12,14,16,30H,9-10,13,15H2,1-4H3,(H,34,35). The van der Waals surface area contributed by atoms with Crippen LogP contribution < -0.4 is 10.1 Å². The summed E-state index contributed by atoms with van der Waals surface area (Å²) in [5, 5.41) is 17.8. The highest BCUT2D eigenvalue weighted by molar-refractivity contribution is 6.35. The maximum Gasteiger partial charge on any atom is 0.303 e. The van der Waals surface area contributed by atoms with Gasteiger partial charge in [-0.1, -0.05) is 31.5 Å². The number of nitrogens with one attached hydrogen (secondary N) is 1. The molecule has 0 aliphatic heterocycles. The third-order valence-electron chi connectivity index (χ3n) is 5.94. The lowest BCUT2D eigenvalue weighted by atomic mass is 9.87. The molecule has 8 nitrogen and oxygen atoms in total. The summed E-state index contributed by atoms with van der Waals surface area (Å²) in [7, 11) is 0. The molecule has 10 heteroatoms. The van der Waals surface area contributed by atoms with E-state index in [9.17, 15) is 9.18 Å². The van der Waals surface area contributed by atoms with Crippen molar-refractivity contribution in [1.29, 1.82) is 0 Å². The molecule has 0 atom stereocenters. The summed E-state index contributed by atoms with van der Waals surface area (Å²) in [6.07, 6.45) is 2.31. The van der Waals surface area contributed by atoms with Crippen molar-refractivity contribution in [3.05, 3.63) is 59.0 Å². The summed E-state index contributed by atoms with van der Waals surface area (Å²) in [5.41, 5.74) is 2.14. The van der Waals surface area contributed by atoms with E-state index in [0.29, 0.717) is 30.1 Å². The van der Waals surface area contributed by atoms with Crippen molar-refractivity contribution in [3.8, 4) is 23.2 Å². The molecule has 0 aliphatic carbocycles. The van der Waals surface area contributed by atoms with E-state index < -0.39 is 11.8 Å². The molecule has 0 fully saturated rings. The topological polar surface area (TPSA) is 102 Å². The molecule has 0 bridgehead atoms. The summed E-state index contributed by atoms with van der Waals surface area (Å²) in [6, 6.07) is 10.4. The average Bonchev–Trinajstić information content (AvgIpc) is 3.44. The minimum atomic E-state index is -0.785. The van der Waals surface area contributed by atoms with Crippen LogP contribution in [0, 0.1) is 11.2 Å². The molecule has 2 heterocycles. The molecule has 2 aromatic heterocycles. The lowest BCUT2D eigenvalue weighted by molar-refractivity contribution is -0.137. The molecule has 2 N–H and O–H groups in total. The summed E-state index contributed by atoms with van der Waals surface area (Å²) < 4.78 is 27.0. The number of benzene rings is 2. The molecule has 4 rings (SSSR count). The van der Waals surface area contributed by atoms with Gasteiger partial charge in [-0.15, -0.1) is 0 Å². The fraction of sp³-hybridized carbons (Fsp3) is 0.370. The number of carboxylic acid groups (broad SMARTS) is 1. The average molecular weight is 529 g/mol. The van der Waals surface area contributed by atoms with Gasteiger partial charge in [0, 0.05) is 36.7 Å². The number of aliphatic carboxylic acids is 1. The van der Waals surface area contributed by atoms with Crippen LogP contribution in [0.15, 0.2) is 47.1 Å². The van der Waals surface area contributed by atoms with E-state index in [-0.39, 0.29) is 35.5 Å². The summed E-state index contributed by atoms with van der Waals surface area (Å²) in [4.78, 5) is 15.3. The minimum absolute atomic E-state index is 0.134. The normalized spacial score (nSPS) is 12.0. The molecular weight excluding hydrogens is 499 g/mol. The van der Waals surface area contributed by atoms with E-state index in [1.165, 1.54) is 6.07 Å². The Balaban J connectivity index is 1.49. The van der Waals surface area contributed by atoms with E-state index in [1.807, 2.05) is 45.9 Å².